The molecular formula is C28H27FN4O5. The highest BCUT2D eigenvalue weighted by Gasteiger charge is 2.35. The van der Waals surface area contributed by atoms with Gasteiger partial charge in [0.2, 0.25) is 0 Å². The molecular weight excluding hydrogens is 491 g/mol. The van der Waals surface area contributed by atoms with Gasteiger partial charge in [-0.05, 0) is 60.5 Å². The highest BCUT2D eigenvalue weighted by atomic mass is 19.1. The van der Waals surface area contributed by atoms with Crippen molar-refractivity contribution in [2.24, 2.45) is 0 Å². The summed E-state index contributed by atoms with van der Waals surface area (Å²) < 4.78 is 24.5. The number of hydrogen-bond donors (Lipinski definition) is 2. The van der Waals surface area contributed by atoms with Gasteiger partial charge in [-0.3, -0.25) is 9.78 Å². The Bertz CT molecular complexity index is 1340. The zero-order valence-corrected chi connectivity index (χ0v) is 20.9. The lowest BCUT2D eigenvalue weighted by atomic mass is 9.94. The molecule has 2 heterocycles. The largest absolute Gasteiger partial charge is 0.497 e. The van der Waals surface area contributed by atoms with Crippen molar-refractivity contribution in [3.8, 4) is 5.75 Å². The summed E-state index contributed by atoms with van der Waals surface area (Å²) in [5, 5.41) is 5.34. The summed E-state index contributed by atoms with van der Waals surface area (Å²) >= 11 is 0. The van der Waals surface area contributed by atoms with Crippen LogP contribution in [0, 0.1) is 5.82 Å². The molecule has 2 aromatic carbocycles. The minimum absolute atomic E-state index is 0.0794. The van der Waals surface area contributed by atoms with Crippen LogP contribution in [0.25, 0.3) is 0 Å². The van der Waals surface area contributed by atoms with Gasteiger partial charge in [0.05, 0.1) is 37.6 Å². The van der Waals surface area contributed by atoms with Crippen molar-refractivity contribution in [3.63, 3.8) is 0 Å². The number of carbonyl (C=O) groups excluding carboxylic acids is 3. The van der Waals surface area contributed by atoms with Gasteiger partial charge in [0.25, 0.3) is 5.91 Å². The van der Waals surface area contributed by atoms with Crippen LogP contribution in [0.5, 0.6) is 5.75 Å². The quantitative estimate of drug-likeness (QED) is 0.418. The van der Waals surface area contributed by atoms with Gasteiger partial charge in [-0.15, -0.1) is 0 Å². The molecule has 0 fully saturated rings. The Morgan fingerprint density at radius 3 is 2.53 bits per heavy atom. The van der Waals surface area contributed by atoms with Gasteiger partial charge in [0, 0.05) is 24.5 Å². The number of benzene rings is 2. The predicted octanol–water partition coefficient (Wildman–Crippen LogP) is 3.74. The fourth-order valence-corrected chi connectivity index (χ4v) is 4.15. The first-order chi connectivity index (χ1) is 18.4. The van der Waals surface area contributed by atoms with Crippen molar-refractivity contribution >= 4 is 17.9 Å². The third kappa shape index (κ3) is 6.15. The Balaban J connectivity index is 1.77. The molecule has 0 saturated heterocycles. The number of nitrogens with one attached hydrogen (secondary N) is 2. The molecule has 3 aromatic rings. The molecule has 0 spiro atoms. The number of ether oxygens (including phenoxy) is 2. The molecule has 3 amide bonds. The van der Waals surface area contributed by atoms with Crippen molar-refractivity contribution in [3.05, 3.63) is 107 Å². The summed E-state index contributed by atoms with van der Waals surface area (Å²) in [6.45, 7) is 1.76. The number of hydrogen-bond acceptors (Lipinski definition) is 6. The molecule has 9 nitrogen and oxygen atoms in total. The molecule has 4 rings (SSSR count). The van der Waals surface area contributed by atoms with Crippen LogP contribution in [0.1, 0.15) is 34.5 Å². The second kappa shape index (κ2) is 12.0. The number of methoxy groups -OCH3 is 1. The normalized spacial score (nSPS) is 14.8. The zero-order chi connectivity index (χ0) is 27.1. The molecule has 0 bridgehead atoms. The number of rotatable bonds is 9. The Labute approximate surface area is 219 Å². The second-order valence-electron chi connectivity index (χ2n) is 8.45. The first kappa shape index (κ1) is 26.3. The van der Waals surface area contributed by atoms with Gasteiger partial charge in [0.1, 0.15) is 11.6 Å². The number of urea groups is 1. The molecule has 38 heavy (non-hydrogen) atoms. The summed E-state index contributed by atoms with van der Waals surface area (Å²) in [5.41, 5.74) is 1.74. The van der Waals surface area contributed by atoms with Gasteiger partial charge in [-0.1, -0.05) is 18.2 Å². The molecule has 0 unspecified atom stereocenters. The summed E-state index contributed by atoms with van der Waals surface area (Å²) in [5.74, 6) is -0.964. The smallest absolute Gasteiger partial charge is 0.338 e. The van der Waals surface area contributed by atoms with Crippen LogP contribution in [-0.4, -0.2) is 48.1 Å². The third-order valence-corrected chi connectivity index (χ3v) is 5.90. The maximum atomic E-state index is 14.1. The summed E-state index contributed by atoms with van der Waals surface area (Å²) in [7, 11) is 1.53. The summed E-state index contributed by atoms with van der Waals surface area (Å²) in [6, 6.07) is 14.2. The third-order valence-electron chi connectivity index (χ3n) is 5.90. The molecule has 0 saturated carbocycles. The monoisotopic (exact) mass is 518 g/mol. The Morgan fingerprint density at radius 2 is 1.87 bits per heavy atom. The molecule has 0 radical (unpaired) electrons. The van der Waals surface area contributed by atoms with E-state index in [9.17, 15) is 18.8 Å². The Morgan fingerprint density at radius 1 is 1.08 bits per heavy atom. The number of esters is 1. The van der Waals surface area contributed by atoms with E-state index in [2.05, 4.69) is 15.6 Å². The second-order valence-corrected chi connectivity index (χ2v) is 8.45. The molecule has 0 aliphatic carbocycles. The SMILES string of the molecule is CCOC(=O)C1=C(CN(Cc2cccnc2)C(=O)c2ccc(OC)cc2)NC(=O)N[C@H]1c1cccc(F)c1. The minimum atomic E-state index is -0.982. The Hall–Kier alpha value is -4.73. The fraction of sp³-hybridized carbons (Fsp3) is 0.214. The summed E-state index contributed by atoms with van der Waals surface area (Å²) in [6.07, 6.45) is 3.25. The van der Waals surface area contributed by atoms with Crippen molar-refractivity contribution in [1.82, 2.24) is 20.5 Å². The van der Waals surface area contributed by atoms with E-state index in [1.807, 2.05) is 6.07 Å². The number of nitrogens with zero attached hydrogens (tertiary/aromatic N) is 2. The first-order valence-electron chi connectivity index (χ1n) is 11.9. The number of carbonyl (C=O) groups is 3. The van der Waals surface area contributed by atoms with Crippen molar-refractivity contribution in [2.75, 3.05) is 20.3 Å². The average molecular weight is 519 g/mol. The van der Waals surface area contributed by atoms with Gasteiger partial charge < -0.3 is 25.0 Å². The molecule has 1 aromatic heterocycles. The van der Waals surface area contributed by atoms with E-state index < -0.39 is 23.9 Å². The van der Waals surface area contributed by atoms with Crippen molar-refractivity contribution in [2.45, 2.75) is 19.5 Å². The van der Waals surface area contributed by atoms with Crippen LogP contribution in [0.4, 0.5) is 9.18 Å². The highest BCUT2D eigenvalue weighted by Crippen LogP contribution is 2.29. The van der Waals surface area contributed by atoms with Crippen LogP contribution in [0.2, 0.25) is 0 Å². The molecule has 2 N–H and O–H groups in total. The van der Waals surface area contributed by atoms with E-state index in [1.54, 1.807) is 55.7 Å². The first-order valence-corrected chi connectivity index (χ1v) is 11.9. The van der Waals surface area contributed by atoms with Crippen LogP contribution in [0.3, 0.4) is 0 Å². The van der Waals surface area contributed by atoms with E-state index in [-0.39, 0.29) is 36.9 Å². The van der Waals surface area contributed by atoms with Crippen LogP contribution < -0.4 is 15.4 Å². The maximum absolute atomic E-state index is 14.1. The standard InChI is InChI=1S/C28H27FN4O5/c1-3-38-27(35)24-23(31-28(36)32-25(24)20-7-4-8-21(29)14-20)17-33(16-18-6-5-13-30-15-18)26(34)19-9-11-22(37-2)12-10-19/h4-15,25H,3,16-17H2,1-2H3,(H2,31,32,36)/t25-/m0/s1. The topological polar surface area (TPSA) is 110 Å². The highest BCUT2D eigenvalue weighted by molar-refractivity contribution is 5.97. The van der Waals surface area contributed by atoms with Gasteiger partial charge in [-0.2, -0.15) is 0 Å². The van der Waals surface area contributed by atoms with Crippen molar-refractivity contribution < 1.29 is 28.2 Å². The summed E-state index contributed by atoms with van der Waals surface area (Å²) in [4.78, 5) is 45.1. The molecule has 196 valence electrons. The van der Waals surface area contributed by atoms with E-state index in [0.717, 1.165) is 5.56 Å². The maximum Gasteiger partial charge on any atom is 0.338 e. The van der Waals surface area contributed by atoms with E-state index in [1.165, 1.54) is 30.2 Å². The number of halogens is 1. The Kier molecular flexibility index (Phi) is 8.32. The number of pyridine rings is 1. The van der Waals surface area contributed by atoms with Gasteiger partial charge in [0.15, 0.2) is 0 Å². The molecule has 1 aliphatic heterocycles. The minimum Gasteiger partial charge on any atom is -0.497 e. The number of aromatic nitrogens is 1. The number of amides is 3. The van der Waals surface area contributed by atoms with Crippen LogP contribution in [-0.2, 0) is 16.1 Å². The van der Waals surface area contributed by atoms with Crippen LogP contribution >= 0.6 is 0 Å². The zero-order valence-electron chi connectivity index (χ0n) is 20.9. The van der Waals surface area contributed by atoms with E-state index in [0.29, 0.717) is 16.9 Å². The lowest BCUT2D eigenvalue weighted by Gasteiger charge is -2.32. The van der Waals surface area contributed by atoms with E-state index >= 15 is 0 Å². The lowest BCUT2D eigenvalue weighted by Crippen LogP contribution is -2.49. The molecule has 1 atom stereocenters. The van der Waals surface area contributed by atoms with Gasteiger partial charge in [-0.25, -0.2) is 14.0 Å². The predicted molar refractivity (Wildman–Crippen MR) is 136 cm³/mol. The average Bonchev–Trinajstić information content (AvgIpc) is 2.92. The molecule has 10 heteroatoms. The van der Waals surface area contributed by atoms with Gasteiger partial charge >= 0.3 is 12.0 Å². The lowest BCUT2D eigenvalue weighted by molar-refractivity contribution is -0.139. The fourth-order valence-electron chi connectivity index (χ4n) is 4.15. The molecule has 1 aliphatic rings. The van der Waals surface area contributed by atoms with Crippen molar-refractivity contribution in [1.29, 1.82) is 0 Å². The van der Waals surface area contributed by atoms with E-state index in [4.69, 9.17) is 9.47 Å². The van der Waals surface area contributed by atoms with Crippen LogP contribution in [0.15, 0.2) is 84.3 Å².